The van der Waals surface area contributed by atoms with Crippen LogP contribution in [0.3, 0.4) is 0 Å². The molecule has 0 aliphatic rings. The summed E-state index contributed by atoms with van der Waals surface area (Å²) in [7, 11) is 2.07. The summed E-state index contributed by atoms with van der Waals surface area (Å²) in [4.78, 5) is 10.4. The first-order valence-corrected chi connectivity index (χ1v) is 6.00. The fourth-order valence-corrected chi connectivity index (χ4v) is 2.12. The van der Waals surface area contributed by atoms with E-state index in [-0.39, 0.29) is 0 Å². The van der Waals surface area contributed by atoms with Crippen LogP contribution in [0, 0.1) is 5.92 Å². The first kappa shape index (κ1) is 12.4. The van der Waals surface area contributed by atoms with E-state index < -0.39 is 0 Å². The predicted octanol–water partition coefficient (Wildman–Crippen LogP) is 3.11. The molecular weight excluding hydrogens is 254 g/mol. The third-order valence-corrected chi connectivity index (χ3v) is 3.02. The zero-order chi connectivity index (χ0) is 11.4. The lowest BCUT2D eigenvalue weighted by Crippen LogP contribution is -2.31. The monoisotopic (exact) mass is 271 g/mol. The molecule has 0 aliphatic heterocycles. The van der Waals surface area contributed by atoms with E-state index in [1.54, 1.807) is 12.5 Å². The lowest BCUT2D eigenvalue weighted by molar-refractivity contribution is 0.501. The van der Waals surface area contributed by atoms with Crippen molar-refractivity contribution < 1.29 is 0 Å². The van der Waals surface area contributed by atoms with Gasteiger partial charge in [0.1, 0.15) is 12.1 Å². The van der Waals surface area contributed by atoms with Crippen molar-refractivity contribution in [3.8, 4) is 0 Å². The Balaban J connectivity index is 2.76. The van der Waals surface area contributed by atoms with Gasteiger partial charge >= 0.3 is 0 Å². The second kappa shape index (κ2) is 5.45. The minimum Gasteiger partial charge on any atom is -0.356 e. The topological polar surface area (TPSA) is 29.0 Å². The second-order valence-corrected chi connectivity index (χ2v) is 5.14. The molecule has 1 aromatic heterocycles. The normalized spacial score (nSPS) is 12.9. The van der Waals surface area contributed by atoms with Crippen LogP contribution in [0.4, 0.5) is 5.82 Å². The maximum absolute atomic E-state index is 4.27. The largest absolute Gasteiger partial charge is 0.356 e. The van der Waals surface area contributed by atoms with Gasteiger partial charge in [-0.15, -0.1) is 0 Å². The van der Waals surface area contributed by atoms with Gasteiger partial charge in [-0.2, -0.15) is 0 Å². The molecule has 0 N–H and O–H groups in total. The highest BCUT2D eigenvalue weighted by atomic mass is 79.9. The van der Waals surface area contributed by atoms with Gasteiger partial charge in [-0.05, 0) is 35.2 Å². The van der Waals surface area contributed by atoms with E-state index >= 15 is 0 Å². The zero-order valence-corrected chi connectivity index (χ0v) is 11.3. The Kier molecular flexibility index (Phi) is 4.51. The number of anilines is 1. The number of hydrogen-bond donors (Lipinski definition) is 0. The molecular formula is C11H18BrN3. The van der Waals surface area contributed by atoms with Crippen LogP contribution in [0.1, 0.15) is 27.2 Å². The van der Waals surface area contributed by atoms with Crippen molar-refractivity contribution in [2.24, 2.45) is 5.92 Å². The molecule has 3 nitrogen and oxygen atoms in total. The SMILES string of the molecule is CC(C)CC(C)N(C)c1ncncc1Br. The van der Waals surface area contributed by atoms with Gasteiger partial charge in [-0.25, -0.2) is 9.97 Å². The quantitative estimate of drug-likeness (QED) is 0.843. The maximum atomic E-state index is 4.27. The summed E-state index contributed by atoms with van der Waals surface area (Å²) in [6.45, 7) is 6.69. The first-order valence-electron chi connectivity index (χ1n) is 5.20. The molecule has 0 amide bonds. The molecule has 1 atom stereocenters. The molecule has 0 saturated carbocycles. The number of aromatic nitrogens is 2. The summed E-state index contributed by atoms with van der Waals surface area (Å²) >= 11 is 3.46. The predicted molar refractivity (Wildman–Crippen MR) is 67.1 cm³/mol. The van der Waals surface area contributed by atoms with Gasteiger partial charge in [-0.1, -0.05) is 13.8 Å². The average Bonchev–Trinajstić information content (AvgIpc) is 2.16. The molecule has 0 bridgehead atoms. The lowest BCUT2D eigenvalue weighted by atomic mass is 10.0. The highest BCUT2D eigenvalue weighted by molar-refractivity contribution is 9.10. The fourth-order valence-electron chi connectivity index (χ4n) is 1.61. The molecule has 15 heavy (non-hydrogen) atoms. The Hall–Kier alpha value is -0.640. The van der Waals surface area contributed by atoms with E-state index in [0.717, 1.165) is 16.7 Å². The van der Waals surface area contributed by atoms with Crippen LogP contribution in [0.5, 0.6) is 0 Å². The van der Waals surface area contributed by atoms with E-state index in [9.17, 15) is 0 Å². The smallest absolute Gasteiger partial charge is 0.146 e. The van der Waals surface area contributed by atoms with Crippen LogP contribution in [0.2, 0.25) is 0 Å². The summed E-state index contributed by atoms with van der Waals surface area (Å²) in [6.07, 6.45) is 4.52. The van der Waals surface area contributed by atoms with Gasteiger partial charge in [-0.3, -0.25) is 0 Å². The summed E-state index contributed by atoms with van der Waals surface area (Å²) < 4.78 is 0.947. The van der Waals surface area contributed by atoms with Crippen LogP contribution < -0.4 is 4.90 Å². The average molecular weight is 272 g/mol. The Morgan fingerprint density at radius 3 is 2.60 bits per heavy atom. The van der Waals surface area contributed by atoms with Crippen molar-refractivity contribution in [3.63, 3.8) is 0 Å². The number of halogens is 1. The van der Waals surface area contributed by atoms with E-state index in [1.807, 2.05) is 0 Å². The summed E-state index contributed by atoms with van der Waals surface area (Å²) in [5.74, 6) is 1.65. The van der Waals surface area contributed by atoms with Crippen LogP contribution in [0.15, 0.2) is 17.0 Å². The number of hydrogen-bond acceptors (Lipinski definition) is 3. The summed E-state index contributed by atoms with van der Waals surface area (Å²) in [6, 6.07) is 0.483. The molecule has 0 fully saturated rings. The molecule has 1 rings (SSSR count). The van der Waals surface area contributed by atoms with Gasteiger partial charge in [0.15, 0.2) is 0 Å². The minimum absolute atomic E-state index is 0.483. The van der Waals surface area contributed by atoms with Crippen LogP contribution in [-0.4, -0.2) is 23.1 Å². The van der Waals surface area contributed by atoms with Gasteiger partial charge in [0.05, 0.1) is 4.47 Å². The molecule has 0 aliphatic carbocycles. The lowest BCUT2D eigenvalue weighted by Gasteiger charge is -2.27. The van der Waals surface area contributed by atoms with Gasteiger partial charge < -0.3 is 4.90 Å². The molecule has 1 aromatic rings. The molecule has 0 radical (unpaired) electrons. The molecule has 0 spiro atoms. The fraction of sp³-hybridized carbons (Fsp3) is 0.636. The van der Waals surface area contributed by atoms with Crippen molar-refractivity contribution in [1.82, 2.24) is 9.97 Å². The molecule has 1 unspecified atom stereocenters. The van der Waals surface area contributed by atoms with Crippen LogP contribution in [-0.2, 0) is 0 Å². The van der Waals surface area contributed by atoms with Crippen molar-refractivity contribution in [2.45, 2.75) is 33.2 Å². The van der Waals surface area contributed by atoms with Crippen LogP contribution in [0.25, 0.3) is 0 Å². The minimum atomic E-state index is 0.483. The van der Waals surface area contributed by atoms with Gasteiger partial charge in [0, 0.05) is 19.3 Å². The van der Waals surface area contributed by atoms with Gasteiger partial charge in [0.2, 0.25) is 0 Å². The van der Waals surface area contributed by atoms with Crippen molar-refractivity contribution in [1.29, 1.82) is 0 Å². The van der Waals surface area contributed by atoms with Crippen molar-refractivity contribution in [3.05, 3.63) is 17.0 Å². The third-order valence-electron chi connectivity index (χ3n) is 2.46. The molecule has 4 heteroatoms. The summed E-state index contributed by atoms with van der Waals surface area (Å²) in [5, 5.41) is 0. The maximum Gasteiger partial charge on any atom is 0.146 e. The number of nitrogens with zero attached hydrogens (tertiary/aromatic N) is 3. The molecule has 84 valence electrons. The van der Waals surface area contributed by atoms with Crippen molar-refractivity contribution >= 4 is 21.7 Å². The number of rotatable bonds is 4. The van der Waals surface area contributed by atoms with E-state index in [1.165, 1.54) is 0 Å². The van der Waals surface area contributed by atoms with Gasteiger partial charge in [0.25, 0.3) is 0 Å². The van der Waals surface area contributed by atoms with E-state index in [4.69, 9.17) is 0 Å². The Labute approximate surface area is 100 Å². The molecule has 0 saturated heterocycles. The van der Waals surface area contributed by atoms with Crippen LogP contribution >= 0.6 is 15.9 Å². The highest BCUT2D eigenvalue weighted by Crippen LogP contribution is 2.24. The standard InChI is InChI=1S/C11H18BrN3/c1-8(2)5-9(3)15(4)11-10(12)6-13-7-14-11/h6-9H,5H2,1-4H3. The van der Waals surface area contributed by atoms with E-state index in [0.29, 0.717) is 12.0 Å². The summed E-state index contributed by atoms with van der Waals surface area (Å²) in [5.41, 5.74) is 0. The molecule has 0 aromatic carbocycles. The second-order valence-electron chi connectivity index (χ2n) is 4.28. The Morgan fingerprint density at radius 1 is 1.40 bits per heavy atom. The third kappa shape index (κ3) is 3.45. The van der Waals surface area contributed by atoms with E-state index in [2.05, 4.69) is 58.6 Å². The zero-order valence-electron chi connectivity index (χ0n) is 9.74. The van der Waals surface area contributed by atoms with Crippen molar-refractivity contribution in [2.75, 3.05) is 11.9 Å². The molecule has 1 heterocycles. The Morgan fingerprint density at radius 2 is 2.07 bits per heavy atom. The highest BCUT2D eigenvalue weighted by Gasteiger charge is 2.14. The Bertz CT molecular complexity index is 314. The first-order chi connectivity index (χ1) is 7.02.